The largest absolute Gasteiger partial charge is 0.381 e. The molecule has 1 N–H and O–H groups in total. The number of amides is 2. The van der Waals surface area contributed by atoms with Crippen LogP contribution in [0.2, 0.25) is 0 Å². The zero-order valence-electron chi connectivity index (χ0n) is 8.38. The lowest BCUT2D eigenvalue weighted by Crippen LogP contribution is -2.45. The molecule has 2 amide bonds. The summed E-state index contributed by atoms with van der Waals surface area (Å²) in [7, 11) is 1.73. The van der Waals surface area contributed by atoms with E-state index in [1.54, 1.807) is 7.11 Å². The van der Waals surface area contributed by atoms with E-state index in [0.717, 1.165) is 25.9 Å². The van der Waals surface area contributed by atoms with Crippen molar-refractivity contribution >= 4 is 6.03 Å². The van der Waals surface area contributed by atoms with Crippen molar-refractivity contribution in [1.82, 2.24) is 10.2 Å². The highest BCUT2D eigenvalue weighted by molar-refractivity contribution is 5.74. The minimum atomic E-state index is 0.0528. The molecule has 4 heteroatoms. The van der Waals surface area contributed by atoms with E-state index in [9.17, 15) is 4.79 Å². The van der Waals surface area contributed by atoms with Crippen LogP contribution in [-0.2, 0) is 4.74 Å². The van der Waals surface area contributed by atoms with E-state index >= 15 is 0 Å². The molecular formula is C9H18N2O2. The molecular weight excluding hydrogens is 168 g/mol. The van der Waals surface area contributed by atoms with Gasteiger partial charge in [-0.15, -0.1) is 0 Å². The Morgan fingerprint density at radius 2 is 2.15 bits per heavy atom. The van der Waals surface area contributed by atoms with E-state index in [-0.39, 0.29) is 6.03 Å². The molecule has 1 rings (SSSR count). The Balaban J connectivity index is 2.28. The van der Waals surface area contributed by atoms with Crippen LogP contribution in [0.1, 0.15) is 19.8 Å². The van der Waals surface area contributed by atoms with E-state index in [1.165, 1.54) is 0 Å². The molecule has 0 aromatic heterocycles. The zero-order valence-corrected chi connectivity index (χ0v) is 8.38. The van der Waals surface area contributed by atoms with Crippen LogP contribution < -0.4 is 5.32 Å². The second-order valence-electron chi connectivity index (χ2n) is 3.26. The number of carbonyl (C=O) groups is 1. The molecule has 0 bridgehead atoms. The van der Waals surface area contributed by atoms with Crippen LogP contribution >= 0.6 is 0 Å². The summed E-state index contributed by atoms with van der Waals surface area (Å²) in [4.78, 5) is 13.2. The maximum atomic E-state index is 11.4. The average Bonchev–Trinajstić information content (AvgIpc) is 2.18. The summed E-state index contributed by atoms with van der Waals surface area (Å²) in [5.74, 6) is 0. The third kappa shape index (κ3) is 2.88. The second-order valence-corrected chi connectivity index (χ2v) is 3.26. The Morgan fingerprint density at radius 3 is 2.62 bits per heavy atom. The molecule has 0 saturated carbocycles. The van der Waals surface area contributed by atoms with Gasteiger partial charge in [0.25, 0.3) is 0 Å². The SMILES string of the molecule is CCNC(=O)N1CCC(OC)CC1. The summed E-state index contributed by atoms with van der Waals surface area (Å²) >= 11 is 0. The normalized spacial score (nSPS) is 18.8. The van der Waals surface area contributed by atoms with Crippen molar-refractivity contribution in [2.75, 3.05) is 26.7 Å². The Kier molecular flexibility index (Phi) is 4.02. The van der Waals surface area contributed by atoms with E-state index in [2.05, 4.69) is 5.32 Å². The lowest BCUT2D eigenvalue weighted by atomic mass is 10.1. The van der Waals surface area contributed by atoms with E-state index in [1.807, 2.05) is 11.8 Å². The van der Waals surface area contributed by atoms with Crippen molar-refractivity contribution in [2.45, 2.75) is 25.9 Å². The minimum Gasteiger partial charge on any atom is -0.381 e. The molecule has 0 spiro atoms. The molecule has 0 atom stereocenters. The molecule has 0 aromatic carbocycles. The van der Waals surface area contributed by atoms with Gasteiger partial charge in [-0.05, 0) is 19.8 Å². The number of nitrogens with zero attached hydrogens (tertiary/aromatic N) is 1. The first-order valence-electron chi connectivity index (χ1n) is 4.83. The predicted molar refractivity (Wildman–Crippen MR) is 50.7 cm³/mol. The molecule has 1 aliphatic heterocycles. The molecule has 4 nitrogen and oxygen atoms in total. The highest BCUT2D eigenvalue weighted by Gasteiger charge is 2.21. The fourth-order valence-electron chi connectivity index (χ4n) is 1.56. The van der Waals surface area contributed by atoms with Crippen molar-refractivity contribution in [3.05, 3.63) is 0 Å². The van der Waals surface area contributed by atoms with Crippen LogP contribution in [0.4, 0.5) is 4.79 Å². The minimum absolute atomic E-state index is 0.0528. The van der Waals surface area contributed by atoms with Crippen molar-refractivity contribution in [2.24, 2.45) is 0 Å². The van der Waals surface area contributed by atoms with Gasteiger partial charge in [-0.2, -0.15) is 0 Å². The monoisotopic (exact) mass is 186 g/mol. The Bertz CT molecular complexity index is 165. The first-order valence-corrected chi connectivity index (χ1v) is 4.83. The summed E-state index contributed by atoms with van der Waals surface area (Å²) in [5, 5.41) is 2.79. The number of piperidine rings is 1. The molecule has 1 fully saturated rings. The molecule has 76 valence electrons. The number of carbonyl (C=O) groups excluding carboxylic acids is 1. The van der Waals surface area contributed by atoms with Crippen LogP contribution in [0.5, 0.6) is 0 Å². The van der Waals surface area contributed by atoms with Crippen molar-refractivity contribution in [1.29, 1.82) is 0 Å². The van der Waals surface area contributed by atoms with Crippen LogP contribution in [-0.4, -0.2) is 43.8 Å². The van der Waals surface area contributed by atoms with Gasteiger partial charge in [0.15, 0.2) is 0 Å². The highest BCUT2D eigenvalue weighted by Crippen LogP contribution is 2.12. The predicted octanol–water partition coefficient (Wildman–Crippen LogP) is 0.827. The molecule has 1 aliphatic rings. The fourth-order valence-corrected chi connectivity index (χ4v) is 1.56. The number of hydrogen-bond donors (Lipinski definition) is 1. The summed E-state index contributed by atoms with van der Waals surface area (Å²) in [5.41, 5.74) is 0. The van der Waals surface area contributed by atoms with Gasteiger partial charge in [-0.25, -0.2) is 4.79 Å². The highest BCUT2D eigenvalue weighted by atomic mass is 16.5. The van der Waals surface area contributed by atoms with Gasteiger partial charge in [-0.3, -0.25) is 0 Å². The zero-order chi connectivity index (χ0) is 9.68. The Morgan fingerprint density at radius 1 is 1.54 bits per heavy atom. The standard InChI is InChI=1S/C9H18N2O2/c1-3-10-9(12)11-6-4-8(13-2)5-7-11/h8H,3-7H2,1-2H3,(H,10,12). The second kappa shape index (κ2) is 5.07. The van der Waals surface area contributed by atoms with Gasteiger partial charge in [0, 0.05) is 26.7 Å². The lowest BCUT2D eigenvalue weighted by Gasteiger charge is -2.31. The van der Waals surface area contributed by atoms with E-state index < -0.39 is 0 Å². The van der Waals surface area contributed by atoms with Gasteiger partial charge in [0.1, 0.15) is 0 Å². The van der Waals surface area contributed by atoms with E-state index in [0.29, 0.717) is 12.6 Å². The summed E-state index contributed by atoms with van der Waals surface area (Å²) in [6.07, 6.45) is 2.24. The van der Waals surface area contributed by atoms with E-state index in [4.69, 9.17) is 4.74 Å². The molecule has 1 saturated heterocycles. The average molecular weight is 186 g/mol. The maximum absolute atomic E-state index is 11.4. The van der Waals surface area contributed by atoms with Crippen molar-refractivity contribution < 1.29 is 9.53 Å². The number of rotatable bonds is 2. The fraction of sp³-hybridized carbons (Fsp3) is 0.889. The molecule has 13 heavy (non-hydrogen) atoms. The molecule has 0 unspecified atom stereocenters. The number of methoxy groups -OCH3 is 1. The lowest BCUT2D eigenvalue weighted by molar-refractivity contribution is 0.0504. The smallest absolute Gasteiger partial charge is 0.317 e. The van der Waals surface area contributed by atoms with Crippen LogP contribution in [0, 0.1) is 0 Å². The summed E-state index contributed by atoms with van der Waals surface area (Å²) < 4.78 is 5.22. The Labute approximate surface area is 79.2 Å². The first-order chi connectivity index (χ1) is 6.27. The van der Waals surface area contributed by atoms with Crippen molar-refractivity contribution in [3.8, 4) is 0 Å². The van der Waals surface area contributed by atoms with Crippen LogP contribution in [0.25, 0.3) is 0 Å². The van der Waals surface area contributed by atoms with Crippen LogP contribution in [0.3, 0.4) is 0 Å². The quantitative estimate of drug-likeness (QED) is 0.694. The van der Waals surface area contributed by atoms with Crippen molar-refractivity contribution in [3.63, 3.8) is 0 Å². The number of ether oxygens (including phenoxy) is 1. The molecule has 1 heterocycles. The number of likely N-dealkylation sites (tertiary alicyclic amines) is 1. The van der Waals surface area contributed by atoms with Gasteiger partial charge in [-0.1, -0.05) is 0 Å². The topological polar surface area (TPSA) is 41.6 Å². The van der Waals surface area contributed by atoms with Crippen LogP contribution in [0.15, 0.2) is 0 Å². The summed E-state index contributed by atoms with van der Waals surface area (Å²) in [6.45, 7) is 4.25. The maximum Gasteiger partial charge on any atom is 0.317 e. The Hall–Kier alpha value is -0.770. The molecule has 0 aliphatic carbocycles. The van der Waals surface area contributed by atoms with Gasteiger partial charge in [0.05, 0.1) is 6.10 Å². The van der Waals surface area contributed by atoms with Gasteiger partial charge in [0.2, 0.25) is 0 Å². The first kappa shape index (κ1) is 10.3. The summed E-state index contributed by atoms with van der Waals surface area (Å²) in [6, 6.07) is 0.0528. The van der Waals surface area contributed by atoms with Gasteiger partial charge >= 0.3 is 6.03 Å². The number of hydrogen-bond acceptors (Lipinski definition) is 2. The molecule has 0 radical (unpaired) electrons. The molecule has 0 aromatic rings. The number of urea groups is 1. The third-order valence-corrected chi connectivity index (χ3v) is 2.39. The third-order valence-electron chi connectivity index (χ3n) is 2.39. The number of nitrogens with one attached hydrogen (secondary N) is 1. The van der Waals surface area contributed by atoms with Gasteiger partial charge < -0.3 is 15.0 Å².